The van der Waals surface area contributed by atoms with Crippen LogP contribution in [0.5, 0.6) is 0 Å². The zero-order valence-corrected chi connectivity index (χ0v) is 11.3. The van der Waals surface area contributed by atoms with Crippen LogP contribution in [0, 0.1) is 6.92 Å². The van der Waals surface area contributed by atoms with Crippen LogP contribution in [0.2, 0.25) is 0 Å². The summed E-state index contributed by atoms with van der Waals surface area (Å²) in [6.07, 6.45) is 0. The van der Waals surface area contributed by atoms with Crippen LogP contribution >= 0.6 is 24.8 Å². The molecule has 0 aliphatic heterocycles. The van der Waals surface area contributed by atoms with Crippen molar-refractivity contribution in [2.45, 2.75) is 12.8 Å². The number of aromatic nitrogens is 1. The van der Waals surface area contributed by atoms with Gasteiger partial charge in [-0.25, -0.2) is 13.8 Å². The maximum absolute atomic E-state index is 12.7. The van der Waals surface area contributed by atoms with E-state index < -0.39 is 24.9 Å². The number of carbonyl (C=O) groups excluding carboxylic acids is 1. The van der Waals surface area contributed by atoms with E-state index in [1.807, 2.05) is 0 Å². The predicted octanol–water partition coefficient (Wildman–Crippen LogP) is 1.56. The summed E-state index contributed by atoms with van der Waals surface area (Å²) in [5.41, 5.74) is 5.61. The van der Waals surface area contributed by atoms with Gasteiger partial charge >= 0.3 is 0 Å². The topological polar surface area (TPSA) is 68.0 Å². The fourth-order valence-electron chi connectivity index (χ4n) is 1.04. The lowest BCUT2D eigenvalue weighted by Gasteiger charge is -2.14. The molecule has 1 aromatic heterocycles. The van der Waals surface area contributed by atoms with E-state index in [9.17, 15) is 13.6 Å². The Balaban J connectivity index is 0. The lowest BCUT2D eigenvalue weighted by Crippen LogP contribution is -2.41. The van der Waals surface area contributed by atoms with Crippen LogP contribution in [0.15, 0.2) is 18.2 Å². The van der Waals surface area contributed by atoms with Crippen molar-refractivity contribution in [3.8, 4) is 0 Å². The van der Waals surface area contributed by atoms with Crippen LogP contribution in [0.3, 0.4) is 0 Å². The van der Waals surface area contributed by atoms with E-state index in [1.54, 1.807) is 19.1 Å². The first-order chi connectivity index (χ1) is 7.44. The molecule has 18 heavy (non-hydrogen) atoms. The number of amides is 1. The average molecular weight is 302 g/mol. The van der Waals surface area contributed by atoms with Gasteiger partial charge in [-0.1, -0.05) is 6.07 Å². The molecule has 1 heterocycles. The molecule has 0 bridgehead atoms. The van der Waals surface area contributed by atoms with E-state index in [1.165, 1.54) is 6.07 Å². The number of nitrogens with one attached hydrogen (secondary N) is 1. The molecule has 3 N–H and O–H groups in total. The first kappa shape index (κ1) is 19.4. The second kappa shape index (κ2) is 8.18. The average Bonchev–Trinajstić information content (AvgIpc) is 2.26. The summed E-state index contributed by atoms with van der Waals surface area (Å²) < 4.78 is 25.5. The number of hydrogen-bond acceptors (Lipinski definition) is 3. The van der Waals surface area contributed by atoms with Gasteiger partial charge in [-0.2, -0.15) is 0 Å². The Hall–Kier alpha value is -0.980. The number of alkyl halides is 2. The molecule has 8 heteroatoms. The summed E-state index contributed by atoms with van der Waals surface area (Å²) in [6, 6.07) is 4.81. The molecule has 1 aromatic rings. The fraction of sp³-hybridized carbons (Fsp3) is 0.400. The highest BCUT2D eigenvalue weighted by Crippen LogP contribution is 2.09. The number of aryl methyl sites for hydroxylation is 1. The van der Waals surface area contributed by atoms with Gasteiger partial charge in [-0.3, -0.25) is 4.79 Å². The van der Waals surface area contributed by atoms with E-state index in [4.69, 9.17) is 5.73 Å². The van der Waals surface area contributed by atoms with Gasteiger partial charge in [0.2, 0.25) is 0 Å². The van der Waals surface area contributed by atoms with Crippen molar-refractivity contribution in [1.82, 2.24) is 10.3 Å². The quantitative estimate of drug-likeness (QED) is 0.887. The van der Waals surface area contributed by atoms with Crippen LogP contribution < -0.4 is 11.1 Å². The van der Waals surface area contributed by atoms with Crippen LogP contribution in [0.4, 0.5) is 8.78 Å². The van der Waals surface area contributed by atoms with Gasteiger partial charge in [0.1, 0.15) is 5.69 Å². The standard InChI is InChI=1S/C10H13F2N3O.2ClH/c1-7-3-2-4-8(15-7)9(16)14-6-10(11,12)5-13;;/h2-4H,5-6,13H2,1H3,(H,14,16);2*1H. The van der Waals surface area contributed by atoms with Gasteiger partial charge < -0.3 is 11.1 Å². The third kappa shape index (κ3) is 6.09. The van der Waals surface area contributed by atoms with Crippen LogP contribution in [0.1, 0.15) is 16.2 Å². The van der Waals surface area contributed by atoms with Crippen LogP contribution in [-0.4, -0.2) is 29.9 Å². The number of carbonyl (C=O) groups is 1. The van der Waals surface area contributed by atoms with Crippen molar-refractivity contribution in [3.63, 3.8) is 0 Å². The summed E-state index contributed by atoms with van der Waals surface area (Å²) in [4.78, 5) is 15.3. The largest absolute Gasteiger partial charge is 0.345 e. The molecule has 0 atom stereocenters. The maximum Gasteiger partial charge on any atom is 0.277 e. The van der Waals surface area contributed by atoms with Gasteiger partial charge in [-0.15, -0.1) is 24.8 Å². The van der Waals surface area contributed by atoms with E-state index in [-0.39, 0.29) is 30.5 Å². The van der Waals surface area contributed by atoms with Crippen molar-refractivity contribution in [2.75, 3.05) is 13.1 Å². The second-order valence-electron chi connectivity index (χ2n) is 3.41. The van der Waals surface area contributed by atoms with Crippen molar-refractivity contribution in [1.29, 1.82) is 0 Å². The van der Waals surface area contributed by atoms with Crippen molar-refractivity contribution < 1.29 is 13.6 Å². The maximum atomic E-state index is 12.7. The van der Waals surface area contributed by atoms with E-state index in [0.717, 1.165) is 0 Å². The Labute approximate surface area is 116 Å². The molecule has 0 spiro atoms. The molecule has 4 nitrogen and oxygen atoms in total. The molecule has 0 aromatic carbocycles. The molecule has 0 saturated carbocycles. The molecular weight excluding hydrogens is 287 g/mol. The zero-order chi connectivity index (χ0) is 12.2. The third-order valence-electron chi connectivity index (χ3n) is 1.93. The number of nitrogens with zero attached hydrogens (tertiary/aromatic N) is 1. The van der Waals surface area contributed by atoms with Crippen LogP contribution in [-0.2, 0) is 0 Å². The molecule has 0 saturated heterocycles. The smallest absolute Gasteiger partial charge is 0.277 e. The molecule has 0 fully saturated rings. The molecule has 1 rings (SSSR count). The first-order valence-electron chi connectivity index (χ1n) is 4.74. The summed E-state index contributed by atoms with van der Waals surface area (Å²) in [6.45, 7) is 0.137. The van der Waals surface area contributed by atoms with Gasteiger partial charge in [-0.05, 0) is 19.1 Å². The lowest BCUT2D eigenvalue weighted by atomic mass is 10.3. The second-order valence-corrected chi connectivity index (χ2v) is 3.41. The minimum atomic E-state index is -3.08. The van der Waals surface area contributed by atoms with E-state index in [0.29, 0.717) is 5.69 Å². The number of halogens is 4. The van der Waals surface area contributed by atoms with Crippen LogP contribution in [0.25, 0.3) is 0 Å². The Morgan fingerprint density at radius 2 is 2.06 bits per heavy atom. The fourth-order valence-corrected chi connectivity index (χ4v) is 1.04. The minimum absolute atomic E-state index is 0. The lowest BCUT2D eigenvalue weighted by molar-refractivity contribution is 0.0118. The van der Waals surface area contributed by atoms with Gasteiger partial charge in [0.25, 0.3) is 11.8 Å². The van der Waals surface area contributed by atoms with E-state index >= 15 is 0 Å². The van der Waals surface area contributed by atoms with Gasteiger partial charge in [0.05, 0.1) is 13.1 Å². The van der Waals surface area contributed by atoms with Crippen molar-refractivity contribution >= 4 is 30.7 Å². The molecule has 1 amide bonds. The molecular formula is C10H15Cl2F2N3O. The number of pyridine rings is 1. The van der Waals surface area contributed by atoms with Crippen molar-refractivity contribution in [2.24, 2.45) is 5.73 Å². The third-order valence-corrected chi connectivity index (χ3v) is 1.93. The molecule has 0 aliphatic carbocycles. The summed E-state index contributed by atoms with van der Waals surface area (Å²) in [7, 11) is 0. The number of nitrogens with two attached hydrogens (primary N) is 1. The number of rotatable bonds is 4. The molecule has 0 radical (unpaired) electrons. The molecule has 104 valence electrons. The summed E-state index contributed by atoms with van der Waals surface area (Å²) in [5.74, 6) is -3.71. The van der Waals surface area contributed by atoms with Crippen molar-refractivity contribution in [3.05, 3.63) is 29.6 Å². The van der Waals surface area contributed by atoms with Gasteiger partial charge in [0, 0.05) is 5.69 Å². The Kier molecular flexibility index (Phi) is 8.80. The SMILES string of the molecule is Cc1cccc(C(=O)NCC(F)(F)CN)n1.Cl.Cl. The summed E-state index contributed by atoms with van der Waals surface area (Å²) >= 11 is 0. The molecule has 0 aliphatic rings. The first-order valence-corrected chi connectivity index (χ1v) is 4.74. The van der Waals surface area contributed by atoms with Gasteiger partial charge in [0.15, 0.2) is 0 Å². The highest BCUT2D eigenvalue weighted by molar-refractivity contribution is 5.92. The Morgan fingerprint density at radius 1 is 1.44 bits per heavy atom. The Morgan fingerprint density at radius 3 is 2.56 bits per heavy atom. The zero-order valence-electron chi connectivity index (χ0n) is 9.65. The van der Waals surface area contributed by atoms with E-state index in [2.05, 4.69) is 10.3 Å². The normalized spacial score (nSPS) is 10.0. The summed E-state index contributed by atoms with van der Waals surface area (Å²) in [5, 5.41) is 2.09. The Bertz CT molecular complexity index is 391. The number of hydrogen-bond donors (Lipinski definition) is 2. The minimum Gasteiger partial charge on any atom is -0.345 e. The highest BCUT2D eigenvalue weighted by atomic mass is 35.5. The molecule has 0 unspecified atom stereocenters. The predicted molar refractivity (Wildman–Crippen MR) is 69.8 cm³/mol. The highest BCUT2D eigenvalue weighted by Gasteiger charge is 2.27. The monoisotopic (exact) mass is 301 g/mol.